The molecule has 108 valence electrons. The maximum Gasteiger partial charge on any atom is 0.120 e. The predicted molar refractivity (Wildman–Crippen MR) is 88.3 cm³/mol. The fraction of sp³-hybridized carbons (Fsp3) is 0.222. The van der Waals surface area contributed by atoms with Gasteiger partial charge < -0.3 is 9.30 Å². The van der Waals surface area contributed by atoms with Crippen molar-refractivity contribution in [3.05, 3.63) is 65.3 Å². The van der Waals surface area contributed by atoms with Crippen LogP contribution in [0.2, 0.25) is 5.02 Å². The molecule has 0 aliphatic rings. The summed E-state index contributed by atoms with van der Waals surface area (Å²) in [6.45, 7) is 4.84. The Morgan fingerprint density at radius 1 is 1.10 bits per heavy atom. The van der Waals surface area contributed by atoms with Crippen molar-refractivity contribution in [3.8, 4) is 5.75 Å². The Hall–Kier alpha value is -1.93. The van der Waals surface area contributed by atoms with E-state index in [1.165, 1.54) is 10.9 Å². The summed E-state index contributed by atoms with van der Waals surface area (Å²) < 4.78 is 7.94. The summed E-state index contributed by atoms with van der Waals surface area (Å²) >= 11 is 6.24. The van der Waals surface area contributed by atoms with Gasteiger partial charge in [-0.05, 0) is 49.7 Å². The lowest BCUT2D eigenvalue weighted by Gasteiger charge is -2.11. The molecule has 1 heterocycles. The molecule has 0 bridgehead atoms. The number of halogens is 1. The molecular weight excluding hydrogens is 282 g/mol. The Kier molecular flexibility index (Phi) is 3.89. The van der Waals surface area contributed by atoms with Crippen molar-refractivity contribution in [2.75, 3.05) is 0 Å². The molecule has 0 radical (unpaired) electrons. The quantitative estimate of drug-likeness (QED) is 0.651. The normalized spacial score (nSPS) is 11.2. The minimum absolute atomic E-state index is 0.188. The Bertz CT molecular complexity index is 761. The predicted octanol–water partition coefficient (Wildman–Crippen LogP) is 5.13. The molecule has 0 aliphatic heterocycles. The third-order valence-electron chi connectivity index (χ3n) is 3.41. The van der Waals surface area contributed by atoms with E-state index in [9.17, 15) is 0 Å². The number of benzene rings is 2. The molecule has 0 N–H and O–H groups in total. The fourth-order valence-electron chi connectivity index (χ4n) is 2.47. The molecule has 0 aliphatic carbocycles. The molecule has 0 atom stereocenters. The Balaban J connectivity index is 1.92. The highest BCUT2D eigenvalue weighted by atomic mass is 35.5. The molecule has 21 heavy (non-hydrogen) atoms. The zero-order valence-corrected chi connectivity index (χ0v) is 13.0. The van der Waals surface area contributed by atoms with Crippen LogP contribution < -0.4 is 4.74 Å². The smallest absolute Gasteiger partial charge is 0.120 e. The van der Waals surface area contributed by atoms with Crippen molar-refractivity contribution in [1.29, 1.82) is 0 Å². The van der Waals surface area contributed by atoms with Gasteiger partial charge in [0.2, 0.25) is 0 Å². The fourth-order valence-corrected chi connectivity index (χ4v) is 2.67. The standard InChI is InChI=1S/C18H18ClNO/c1-13(2)21-16-7-8-18-14(11-16)9-10-20(18)12-15-5-3-4-6-17(15)19/h3-11,13H,12H2,1-2H3. The van der Waals surface area contributed by atoms with Crippen LogP contribution >= 0.6 is 11.6 Å². The number of rotatable bonds is 4. The summed E-state index contributed by atoms with van der Waals surface area (Å²) in [6, 6.07) is 16.3. The van der Waals surface area contributed by atoms with Gasteiger partial charge in [0, 0.05) is 28.7 Å². The molecule has 0 saturated carbocycles. The molecule has 3 rings (SSSR count). The molecule has 3 heteroatoms. The third kappa shape index (κ3) is 3.06. The van der Waals surface area contributed by atoms with Crippen molar-refractivity contribution in [1.82, 2.24) is 4.57 Å². The maximum absolute atomic E-state index is 6.24. The van der Waals surface area contributed by atoms with E-state index in [1.807, 2.05) is 38.1 Å². The van der Waals surface area contributed by atoms with Crippen LogP contribution in [-0.4, -0.2) is 10.7 Å². The van der Waals surface area contributed by atoms with E-state index in [4.69, 9.17) is 16.3 Å². The molecule has 2 aromatic carbocycles. The van der Waals surface area contributed by atoms with Gasteiger partial charge in [0.1, 0.15) is 5.75 Å². The maximum atomic E-state index is 6.24. The van der Waals surface area contributed by atoms with Crippen molar-refractivity contribution >= 4 is 22.5 Å². The second kappa shape index (κ2) is 5.82. The van der Waals surface area contributed by atoms with Crippen LogP contribution in [0.15, 0.2) is 54.7 Å². The van der Waals surface area contributed by atoms with Crippen LogP contribution in [0.1, 0.15) is 19.4 Å². The second-order valence-corrected chi connectivity index (χ2v) is 5.83. The van der Waals surface area contributed by atoms with Gasteiger partial charge in [-0.25, -0.2) is 0 Å². The number of hydrogen-bond acceptors (Lipinski definition) is 1. The van der Waals surface area contributed by atoms with Crippen molar-refractivity contribution < 1.29 is 4.74 Å². The lowest BCUT2D eigenvalue weighted by atomic mass is 10.2. The van der Waals surface area contributed by atoms with E-state index in [1.54, 1.807) is 0 Å². The second-order valence-electron chi connectivity index (χ2n) is 5.42. The van der Waals surface area contributed by atoms with E-state index < -0.39 is 0 Å². The number of aromatic nitrogens is 1. The number of fused-ring (bicyclic) bond motifs is 1. The average molecular weight is 300 g/mol. The zero-order valence-electron chi connectivity index (χ0n) is 12.2. The zero-order chi connectivity index (χ0) is 14.8. The highest BCUT2D eigenvalue weighted by Gasteiger charge is 2.06. The van der Waals surface area contributed by atoms with Gasteiger partial charge in [0.05, 0.1) is 6.10 Å². The average Bonchev–Trinajstić information content (AvgIpc) is 2.83. The lowest BCUT2D eigenvalue weighted by molar-refractivity contribution is 0.243. The van der Waals surface area contributed by atoms with Crippen LogP contribution in [0.25, 0.3) is 10.9 Å². The van der Waals surface area contributed by atoms with Crippen LogP contribution in [0.3, 0.4) is 0 Å². The first-order chi connectivity index (χ1) is 10.1. The molecule has 2 nitrogen and oxygen atoms in total. The van der Waals surface area contributed by atoms with Gasteiger partial charge >= 0.3 is 0 Å². The van der Waals surface area contributed by atoms with Crippen LogP contribution in [-0.2, 0) is 6.54 Å². The lowest BCUT2D eigenvalue weighted by Crippen LogP contribution is -2.05. The molecule has 0 amide bonds. The number of hydrogen-bond donors (Lipinski definition) is 0. The minimum Gasteiger partial charge on any atom is -0.491 e. The van der Waals surface area contributed by atoms with Crippen molar-refractivity contribution in [3.63, 3.8) is 0 Å². The first-order valence-electron chi connectivity index (χ1n) is 7.12. The van der Waals surface area contributed by atoms with Gasteiger partial charge in [-0.1, -0.05) is 29.8 Å². The Morgan fingerprint density at radius 3 is 2.67 bits per heavy atom. The van der Waals surface area contributed by atoms with Crippen LogP contribution in [0, 0.1) is 0 Å². The summed E-state index contributed by atoms with van der Waals surface area (Å²) in [6.07, 6.45) is 2.28. The van der Waals surface area contributed by atoms with E-state index in [0.717, 1.165) is 22.9 Å². The van der Waals surface area contributed by atoms with Gasteiger partial charge in [-0.15, -0.1) is 0 Å². The van der Waals surface area contributed by atoms with E-state index in [0.29, 0.717) is 0 Å². The van der Waals surface area contributed by atoms with Gasteiger partial charge in [0.25, 0.3) is 0 Å². The van der Waals surface area contributed by atoms with Crippen LogP contribution in [0.5, 0.6) is 5.75 Å². The molecule has 3 aromatic rings. The Labute approximate surface area is 129 Å². The minimum atomic E-state index is 0.188. The molecule has 0 fully saturated rings. The molecule has 0 spiro atoms. The summed E-state index contributed by atoms with van der Waals surface area (Å²) in [5.41, 5.74) is 2.31. The van der Waals surface area contributed by atoms with Crippen LogP contribution in [0.4, 0.5) is 0 Å². The van der Waals surface area contributed by atoms with Gasteiger partial charge in [-0.2, -0.15) is 0 Å². The molecular formula is C18H18ClNO. The van der Waals surface area contributed by atoms with Crippen molar-refractivity contribution in [2.24, 2.45) is 0 Å². The van der Waals surface area contributed by atoms with Gasteiger partial charge in [0.15, 0.2) is 0 Å². The molecule has 0 unspecified atom stereocenters. The first kappa shape index (κ1) is 14.0. The summed E-state index contributed by atoms with van der Waals surface area (Å²) in [5, 5.41) is 1.99. The molecule has 1 aromatic heterocycles. The highest BCUT2D eigenvalue weighted by molar-refractivity contribution is 6.31. The summed E-state index contributed by atoms with van der Waals surface area (Å²) in [4.78, 5) is 0. The highest BCUT2D eigenvalue weighted by Crippen LogP contribution is 2.25. The molecule has 0 saturated heterocycles. The number of ether oxygens (including phenoxy) is 1. The topological polar surface area (TPSA) is 14.2 Å². The van der Waals surface area contributed by atoms with E-state index >= 15 is 0 Å². The monoisotopic (exact) mass is 299 g/mol. The number of nitrogens with zero attached hydrogens (tertiary/aromatic N) is 1. The summed E-state index contributed by atoms with van der Waals surface area (Å²) in [5.74, 6) is 0.910. The SMILES string of the molecule is CC(C)Oc1ccc2c(ccn2Cc2ccccc2Cl)c1. The van der Waals surface area contributed by atoms with E-state index in [-0.39, 0.29) is 6.10 Å². The first-order valence-corrected chi connectivity index (χ1v) is 7.50. The van der Waals surface area contributed by atoms with Crippen molar-refractivity contribution in [2.45, 2.75) is 26.5 Å². The Morgan fingerprint density at radius 2 is 1.90 bits per heavy atom. The van der Waals surface area contributed by atoms with Gasteiger partial charge in [-0.3, -0.25) is 0 Å². The largest absolute Gasteiger partial charge is 0.491 e. The van der Waals surface area contributed by atoms with E-state index in [2.05, 4.69) is 35.0 Å². The third-order valence-corrected chi connectivity index (χ3v) is 3.78. The summed E-state index contributed by atoms with van der Waals surface area (Å²) in [7, 11) is 0.